The van der Waals surface area contributed by atoms with E-state index >= 15 is 0 Å². The third-order valence-electron chi connectivity index (χ3n) is 3.58. The van der Waals surface area contributed by atoms with E-state index in [9.17, 15) is 9.90 Å². The smallest absolute Gasteiger partial charge is 0.262 e. The fraction of sp³-hybridized carbons (Fsp3) is 0.105. The number of nitrogens with one attached hydrogen (secondary N) is 1. The Balaban J connectivity index is 1.62. The Labute approximate surface area is 134 Å². The van der Waals surface area contributed by atoms with Crippen molar-refractivity contribution in [1.29, 1.82) is 0 Å². The number of aryl methyl sites for hydroxylation is 1. The average Bonchev–Trinajstić information content (AvgIpc) is 2.56. The number of phenolic OH excluding ortho intramolecular Hbond substituents is 1. The van der Waals surface area contributed by atoms with Gasteiger partial charge in [-0.1, -0.05) is 36.4 Å². The van der Waals surface area contributed by atoms with Crippen LogP contribution in [0.5, 0.6) is 11.5 Å². The summed E-state index contributed by atoms with van der Waals surface area (Å²) in [6.07, 6.45) is 0. The maximum Gasteiger partial charge on any atom is 0.262 e. The quantitative estimate of drug-likeness (QED) is 0.769. The zero-order chi connectivity index (χ0) is 16.2. The summed E-state index contributed by atoms with van der Waals surface area (Å²) < 4.78 is 5.53. The second kappa shape index (κ2) is 6.40. The van der Waals surface area contributed by atoms with Crippen LogP contribution in [0.1, 0.15) is 5.56 Å². The molecule has 1 amide bonds. The summed E-state index contributed by atoms with van der Waals surface area (Å²) in [5, 5.41) is 14.5. The van der Waals surface area contributed by atoms with E-state index in [0.717, 1.165) is 16.3 Å². The maximum atomic E-state index is 11.9. The van der Waals surface area contributed by atoms with E-state index in [-0.39, 0.29) is 18.3 Å². The summed E-state index contributed by atoms with van der Waals surface area (Å²) in [6.45, 7) is 1.71. The van der Waals surface area contributed by atoms with Crippen LogP contribution in [0.4, 0.5) is 5.69 Å². The van der Waals surface area contributed by atoms with E-state index in [1.807, 2.05) is 42.5 Å². The van der Waals surface area contributed by atoms with Gasteiger partial charge in [0, 0.05) is 11.8 Å². The molecule has 0 aliphatic rings. The van der Waals surface area contributed by atoms with Gasteiger partial charge in [0.1, 0.15) is 11.5 Å². The molecule has 0 fully saturated rings. The van der Waals surface area contributed by atoms with Crippen molar-refractivity contribution in [2.24, 2.45) is 0 Å². The van der Waals surface area contributed by atoms with E-state index in [4.69, 9.17) is 4.74 Å². The third-order valence-corrected chi connectivity index (χ3v) is 3.58. The van der Waals surface area contributed by atoms with E-state index in [1.165, 1.54) is 6.07 Å². The van der Waals surface area contributed by atoms with Crippen LogP contribution in [0.2, 0.25) is 0 Å². The molecule has 0 aliphatic carbocycles. The molecular formula is C19H17NO3. The maximum absolute atomic E-state index is 11.9. The van der Waals surface area contributed by atoms with Gasteiger partial charge in [0.05, 0.1) is 0 Å². The number of ether oxygens (including phenoxy) is 1. The number of carbonyl (C=O) groups is 1. The fourth-order valence-corrected chi connectivity index (χ4v) is 2.29. The molecule has 4 nitrogen and oxygen atoms in total. The molecule has 23 heavy (non-hydrogen) atoms. The molecule has 0 saturated heterocycles. The molecule has 0 saturated carbocycles. The second-order valence-corrected chi connectivity index (χ2v) is 5.35. The molecule has 0 heterocycles. The zero-order valence-electron chi connectivity index (χ0n) is 12.7. The van der Waals surface area contributed by atoms with Crippen molar-refractivity contribution < 1.29 is 14.6 Å². The van der Waals surface area contributed by atoms with E-state index in [1.54, 1.807) is 19.1 Å². The number of phenols is 1. The molecule has 0 aromatic heterocycles. The molecule has 3 aromatic carbocycles. The number of benzene rings is 3. The monoisotopic (exact) mass is 307 g/mol. The summed E-state index contributed by atoms with van der Waals surface area (Å²) in [4.78, 5) is 11.9. The Kier molecular flexibility index (Phi) is 4.15. The van der Waals surface area contributed by atoms with E-state index in [2.05, 4.69) is 5.32 Å². The lowest BCUT2D eigenvalue weighted by Crippen LogP contribution is -2.20. The number of hydrogen-bond acceptors (Lipinski definition) is 3. The first-order chi connectivity index (χ1) is 11.1. The van der Waals surface area contributed by atoms with Crippen molar-refractivity contribution in [2.75, 3.05) is 11.9 Å². The van der Waals surface area contributed by atoms with Crippen LogP contribution in [-0.2, 0) is 4.79 Å². The van der Waals surface area contributed by atoms with Gasteiger partial charge in [0.15, 0.2) is 6.61 Å². The van der Waals surface area contributed by atoms with Crippen LogP contribution in [0.25, 0.3) is 10.8 Å². The number of amides is 1. The molecule has 116 valence electrons. The van der Waals surface area contributed by atoms with Crippen molar-refractivity contribution in [1.82, 2.24) is 0 Å². The first-order valence-corrected chi connectivity index (χ1v) is 7.33. The van der Waals surface area contributed by atoms with E-state index in [0.29, 0.717) is 11.4 Å². The standard InChI is InChI=1S/C19H17NO3/c1-13-6-8-16(11-18(13)21)20-19(22)12-23-17-9-7-14-4-2-3-5-15(14)10-17/h2-11,21H,12H2,1H3,(H,20,22). The zero-order valence-corrected chi connectivity index (χ0v) is 12.7. The Morgan fingerprint density at radius 1 is 1.04 bits per heavy atom. The molecule has 0 aliphatic heterocycles. The van der Waals surface area contributed by atoms with Crippen LogP contribution in [0.15, 0.2) is 60.7 Å². The largest absolute Gasteiger partial charge is 0.508 e. The number of anilines is 1. The van der Waals surface area contributed by atoms with Gasteiger partial charge in [0.2, 0.25) is 0 Å². The van der Waals surface area contributed by atoms with Gasteiger partial charge in [-0.2, -0.15) is 0 Å². The van der Waals surface area contributed by atoms with Gasteiger partial charge >= 0.3 is 0 Å². The Morgan fingerprint density at radius 3 is 2.61 bits per heavy atom. The number of hydrogen-bond donors (Lipinski definition) is 2. The summed E-state index contributed by atoms with van der Waals surface area (Å²) in [6, 6.07) is 18.7. The minimum atomic E-state index is -0.276. The second-order valence-electron chi connectivity index (χ2n) is 5.35. The lowest BCUT2D eigenvalue weighted by atomic mass is 10.1. The number of rotatable bonds is 4. The fourth-order valence-electron chi connectivity index (χ4n) is 2.29. The lowest BCUT2D eigenvalue weighted by molar-refractivity contribution is -0.118. The first-order valence-electron chi connectivity index (χ1n) is 7.33. The molecular weight excluding hydrogens is 290 g/mol. The van der Waals surface area contributed by atoms with Crippen molar-refractivity contribution in [3.05, 3.63) is 66.2 Å². The van der Waals surface area contributed by atoms with Gasteiger partial charge in [-0.05, 0) is 41.5 Å². The van der Waals surface area contributed by atoms with Crippen molar-refractivity contribution >= 4 is 22.4 Å². The van der Waals surface area contributed by atoms with Gasteiger partial charge in [-0.3, -0.25) is 4.79 Å². The Morgan fingerprint density at radius 2 is 1.83 bits per heavy atom. The molecule has 2 N–H and O–H groups in total. The predicted molar refractivity (Wildman–Crippen MR) is 90.9 cm³/mol. The topological polar surface area (TPSA) is 58.6 Å². The van der Waals surface area contributed by atoms with Crippen LogP contribution in [-0.4, -0.2) is 17.6 Å². The minimum absolute atomic E-state index is 0.0903. The molecule has 4 heteroatoms. The Bertz CT molecular complexity index is 858. The minimum Gasteiger partial charge on any atom is -0.508 e. The number of fused-ring (bicyclic) bond motifs is 1. The highest BCUT2D eigenvalue weighted by Crippen LogP contribution is 2.22. The highest BCUT2D eigenvalue weighted by molar-refractivity contribution is 5.92. The van der Waals surface area contributed by atoms with Crippen LogP contribution in [0, 0.1) is 6.92 Å². The highest BCUT2D eigenvalue weighted by Gasteiger charge is 2.06. The number of aromatic hydroxyl groups is 1. The normalized spacial score (nSPS) is 10.5. The summed E-state index contributed by atoms with van der Waals surface area (Å²) >= 11 is 0. The van der Waals surface area contributed by atoms with Crippen LogP contribution < -0.4 is 10.1 Å². The average molecular weight is 307 g/mol. The van der Waals surface area contributed by atoms with Crippen molar-refractivity contribution in [3.63, 3.8) is 0 Å². The molecule has 3 aromatic rings. The molecule has 0 atom stereocenters. The van der Waals surface area contributed by atoms with Gasteiger partial charge in [-0.25, -0.2) is 0 Å². The number of carbonyl (C=O) groups excluding carboxylic acids is 1. The van der Waals surface area contributed by atoms with Crippen LogP contribution in [0.3, 0.4) is 0 Å². The highest BCUT2D eigenvalue weighted by atomic mass is 16.5. The lowest BCUT2D eigenvalue weighted by Gasteiger charge is -2.09. The predicted octanol–water partition coefficient (Wildman–Crippen LogP) is 3.87. The summed E-state index contributed by atoms with van der Waals surface area (Å²) in [7, 11) is 0. The van der Waals surface area contributed by atoms with Gasteiger partial charge < -0.3 is 15.2 Å². The SMILES string of the molecule is Cc1ccc(NC(=O)COc2ccc3ccccc3c2)cc1O. The summed E-state index contributed by atoms with van der Waals surface area (Å²) in [5.74, 6) is 0.519. The Hall–Kier alpha value is -3.01. The molecule has 3 rings (SSSR count). The molecule has 0 bridgehead atoms. The summed E-state index contributed by atoms with van der Waals surface area (Å²) in [5.41, 5.74) is 1.30. The first kappa shape index (κ1) is 14.9. The van der Waals surface area contributed by atoms with Crippen molar-refractivity contribution in [2.45, 2.75) is 6.92 Å². The third kappa shape index (κ3) is 3.61. The van der Waals surface area contributed by atoms with Gasteiger partial charge in [-0.15, -0.1) is 0 Å². The van der Waals surface area contributed by atoms with Gasteiger partial charge in [0.25, 0.3) is 5.91 Å². The molecule has 0 unspecified atom stereocenters. The van der Waals surface area contributed by atoms with Crippen molar-refractivity contribution in [3.8, 4) is 11.5 Å². The molecule has 0 radical (unpaired) electrons. The molecule has 0 spiro atoms. The van der Waals surface area contributed by atoms with E-state index < -0.39 is 0 Å². The van der Waals surface area contributed by atoms with Crippen LogP contribution >= 0.6 is 0 Å².